The summed E-state index contributed by atoms with van der Waals surface area (Å²) < 4.78 is 118. The number of carbonyl (C=O) groups is 3. The number of nitrogens with zero attached hydrogens (tertiary/aromatic N) is 2. The van der Waals surface area contributed by atoms with Crippen LogP contribution in [0.3, 0.4) is 0 Å². The van der Waals surface area contributed by atoms with Crippen LogP contribution in [0, 0.1) is 18.8 Å². The summed E-state index contributed by atoms with van der Waals surface area (Å²) in [7, 11) is 0. The largest absolute Gasteiger partial charge is 0.416 e. The molecule has 0 unspecified atom stereocenters. The molecular weight excluding hydrogens is 599 g/mol. The first kappa shape index (κ1) is 33.4. The van der Waals surface area contributed by atoms with Crippen LogP contribution in [0.15, 0.2) is 47.5 Å². The predicted molar refractivity (Wildman–Crippen MR) is 136 cm³/mol. The van der Waals surface area contributed by atoms with Crippen LogP contribution in [0.2, 0.25) is 0 Å². The number of benzene rings is 2. The Hall–Kier alpha value is -4.11. The quantitative estimate of drug-likeness (QED) is 0.354. The second-order valence-corrected chi connectivity index (χ2v) is 9.84. The van der Waals surface area contributed by atoms with Gasteiger partial charge in [-0.3, -0.25) is 24.8 Å². The molecule has 2 atom stereocenters. The van der Waals surface area contributed by atoms with Crippen molar-refractivity contribution in [1.82, 2.24) is 5.43 Å². The molecule has 7 nitrogen and oxygen atoms in total. The number of aryl methyl sites for hydroxylation is 1. The number of nitrogens with two attached hydrogens (primary N) is 1. The maximum Gasteiger partial charge on any atom is 0.416 e. The predicted octanol–water partition coefficient (Wildman–Crippen LogP) is 5.63. The second-order valence-electron chi connectivity index (χ2n) is 9.84. The zero-order valence-electron chi connectivity index (χ0n) is 22.3. The van der Waals surface area contributed by atoms with Gasteiger partial charge in [-0.15, -0.1) is 0 Å². The van der Waals surface area contributed by atoms with Gasteiger partial charge in [0.05, 0.1) is 22.9 Å². The topological polar surface area (TPSA) is 105 Å². The van der Waals surface area contributed by atoms with Crippen molar-refractivity contribution in [2.24, 2.45) is 22.6 Å². The van der Waals surface area contributed by atoms with Gasteiger partial charge in [0.25, 0.3) is 5.91 Å². The molecule has 0 aromatic heterocycles. The van der Waals surface area contributed by atoms with E-state index in [-0.39, 0.29) is 28.1 Å². The number of rotatable bonds is 9. The minimum absolute atomic E-state index is 0.0355. The first-order valence-electron chi connectivity index (χ1n) is 12.7. The molecule has 0 radical (unpaired) electrons. The molecule has 0 bridgehead atoms. The number of benzodiazepines with no additional fused rings is 1. The van der Waals surface area contributed by atoms with Crippen LogP contribution in [0.1, 0.15) is 47.9 Å². The number of hydrogen-bond donors (Lipinski definition) is 2. The maximum absolute atomic E-state index is 13.4. The van der Waals surface area contributed by atoms with Crippen LogP contribution < -0.4 is 16.2 Å². The highest BCUT2D eigenvalue weighted by Gasteiger charge is 2.41. The van der Waals surface area contributed by atoms with Crippen molar-refractivity contribution in [1.29, 1.82) is 0 Å². The number of anilines is 1. The highest BCUT2D eigenvalue weighted by Crippen LogP contribution is 2.35. The molecule has 3 amide bonds. The Bertz CT molecular complexity index is 1400. The lowest BCUT2D eigenvalue weighted by molar-refractivity contribution is -0.152. The monoisotopic (exact) mass is 624 g/mol. The third-order valence-electron chi connectivity index (χ3n) is 6.69. The molecule has 0 aliphatic carbocycles. The highest BCUT2D eigenvalue weighted by atomic mass is 19.4. The Morgan fingerprint density at radius 3 is 2.07 bits per heavy atom. The van der Waals surface area contributed by atoms with Gasteiger partial charge >= 0.3 is 18.5 Å². The number of fused-ring (bicyclic) bond motifs is 1. The van der Waals surface area contributed by atoms with Crippen LogP contribution in [0.25, 0.3) is 0 Å². The van der Waals surface area contributed by atoms with Gasteiger partial charge in [-0.2, -0.15) is 39.5 Å². The van der Waals surface area contributed by atoms with Gasteiger partial charge in [-0.05, 0) is 37.5 Å². The normalized spacial score (nSPS) is 15.7. The van der Waals surface area contributed by atoms with Crippen molar-refractivity contribution in [3.63, 3.8) is 0 Å². The van der Waals surface area contributed by atoms with Gasteiger partial charge in [0, 0.05) is 29.9 Å². The Balaban J connectivity index is 2.05. The number of hydrazine groups is 1. The van der Waals surface area contributed by atoms with E-state index in [0.29, 0.717) is 5.01 Å². The van der Waals surface area contributed by atoms with Crippen LogP contribution in [-0.2, 0) is 20.6 Å². The van der Waals surface area contributed by atoms with E-state index >= 15 is 0 Å². The van der Waals surface area contributed by atoms with E-state index in [1.165, 1.54) is 31.2 Å². The maximum atomic E-state index is 13.4. The van der Waals surface area contributed by atoms with E-state index in [4.69, 9.17) is 5.73 Å². The summed E-state index contributed by atoms with van der Waals surface area (Å²) in [5.74, 6) is -7.79. The van der Waals surface area contributed by atoms with Crippen LogP contribution in [-0.4, -0.2) is 42.3 Å². The second kappa shape index (κ2) is 12.6. The molecule has 234 valence electrons. The number of aliphatic imine (C=N–C) groups is 1. The summed E-state index contributed by atoms with van der Waals surface area (Å²) in [6, 6.07) is 8.40. The SMILES string of the molecule is Cc1cccc2c1N(NC(=O)[C@H](CCC(F)(F)F)[C@H](CCC(F)(F)F)C(N)=O)C(=O)CN=C2c1cccc(C(F)(F)F)c1. The lowest BCUT2D eigenvalue weighted by Crippen LogP contribution is -2.52. The molecule has 2 aromatic rings. The molecule has 0 saturated carbocycles. The Kier molecular flexibility index (Phi) is 9.81. The summed E-state index contributed by atoms with van der Waals surface area (Å²) in [6.45, 7) is 0.734. The summed E-state index contributed by atoms with van der Waals surface area (Å²) in [5, 5.41) is 0.625. The summed E-state index contributed by atoms with van der Waals surface area (Å²) >= 11 is 0. The highest BCUT2D eigenvalue weighted by molar-refractivity contribution is 6.20. The number of nitrogens with one attached hydrogen (secondary N) is 1. The molecular formula is C27H25F9N4O3. The first-order chi connectivity index (χ1) is 19.8. The average molecular weight is 625 g/mol. The van der Waals surface area contributed by atoms with Crippen LogP contribution in [0.5, 0.6) is 0 Å². The van der Waals surface area contributed by atoms with Crippen molar-refractivity contribution in [2.75, 3.05) is 11.6 Å². The minimum Gasteiger partial charge on any atom is -0.369 e. The van der Waals surface area contributed by atoms with Gasteiger partial charge in [0.1, 0.15) is 6.54 Å². The minimum atomic E-state index is -4.85. The zero-order chi connectivity index (χ0) is 32.3. The number of carbonyl (C=O) groups excluding carboxylic acids is 3. The molecule has 0 fully saturated rings. The van der Waals surface area contributed by atoms with Gasteiger partial charge in [-0.1, -0.05) is 30.3 Å². The van der Waals surface area contributed by atoms with Crippen LogP contribution in [0.4, 0.5) is 45.2 Å². The Morgan fingerprint density at radius 1 is 0.930 bits per heavy atom. The van der Waals surface area contributed by atoms with Crippen molar-refractivity contribution in [3.8, 4) is 0 Å². The summed E-state index contributed by atoms with van der Waals surface area (Å²) in [6.07, 6.45) is -19.8. The van der Waals surface area contributed by atoms with Gasteiger partial charge in [0.15, 0.2) is 0 Å². The number of primary amides is 1. The molecule has 3 rings (SSSR count). The van der Waals surface area contributed by atoms with E-state index in [0.717, 1.165) is 18.2 Å². The molecule has 16 heteroatoms. The lowest BCUT2D eigenvalue weighted by Gasteiger charge is -2.30. The number of alkyl halides is 9. The van der Waals surface area contributed by atoms with E-state index in [9.17, 15) is 53.9 Å². The molecule has 43 heavy (non-hydrogen) atoms. The van der Waals surface area contributed by atoms with Crippen LogP contribution >= 0.6 is 0 Å². The van der Waals surface area contributed by atoms with E-state index < -0.39 is 85.9 Å². The first-order valence-corrected chi connectivity index (χ1v) is 12.7. The van der Waals surface area contributed by atoms with Crippen molar-refractivity contribution in [3.05, 3.63) is 64.7 Å². The smallest absolute Gasteiger partial charge is 0.369 e. The van der Waals surface area contributed by atoms with Gasteiger partial charge < -0.3 is 5.73 Å². The number of para-hydroxylation sites is 1. The number of hydrogen-bond acceptors (Lipinski definition) is 4. The fraction of sp³-hybridized carbons (Fsp3) is 0.407. The Labute approximate surface area is 238 Å². The van der Waals surface area contributed by atoms with Crippen molar-refractivity contribution >= 4 is 29.1 Å². The summed E-state index contributed by atoms with van der Waals surface area (Å²) in [5.41, 5.74) is 6.48. The fourth-order valence-electron chi connectivity index (χ4n) is 4.67. The number of amides is 3. The van der Waals surface area contributed by atoms with Crippen molar-refractivity contribution < 1.29 is 53.9 Å². The standard InChI is InChI=1S/C27H25F9N4O3/c1-14-4-2-7-19-21(15-5-3-6-16(12-15)27(34,35)36)38-13-20(41)40(22(14)19)39-24(43)18(9-11-26(31,32)33)17(23(37)42)8-10-25(28,29)30/h2-7,12,17-18H,8-11,13H2,1H3,(H2,37,42)(H,39,43)/t17-,18+/m0/s1. The van der Waals surface area contributed by atoms with Crippen molar-refractivity contribution in [2.45, 2.75) is 51.1 Å². The fourth-order valence-corrected chi connectivity index (χ4v) is 4.67. The summed E-state index contributed by atoms with van der Waals surface area (Å²) in [4.78, 5) is 42.7. The molecule has 0 spiro atoms. The molecule has 2 aromatic carbocycles. The van der Waals surface area contributed by atoms with E-state index in [2.05, 4.69) is 10.4 Å². The molecule has 1 aliphatic rings. The van der Waals surface area contributed by atoms with Gasteiger partial charge in [0.2, 0.25) is 11.8 Å². The number of halogens is 9. The van der Waals surface area contributed by atoms with E-state index in [1.54, 1.807) is 0 Å². The third kappa shape index (κ3) is 8.70. The molecule has 1 heterocycles. The molecule has 3 N–H and O–H groups in total. The Morgan fingerprint density at radius 2 is 1.51 bits per heavy atom. The molecule has 0 saturated heterocycles. The third-order valence-corrected chi connectivity index (χ3v) is 6.69. The van der Waals surface area contributed by atoms with Gasteiger partial charge in [-0.25, -0.2) is 5.01 Å². The average Bonchev–Trinajstić information content (AvgIpc) is 3.01. The van der Waals surface area contributed by atoms with E-state index in [1.807, 2.05) is 0 Å². The lowest BCUT2D eigenvalue weighted by atomic mass is 9.83. The molecule has 1 aliphatic heterocycles. The zero-order valence-corrected chi connectivity index (χ0v) is 22.3.